The lowest BCUT2D eigenvalue weighted by molar-refractivity contribution is -0.118. The number of carbonyl (C=O) groups is 1. The lowest BCUT2D eigenvalue weighted by Crippen LogP contribution is -2.29. The number of hydrogen-bond acceptors (Lipinski definition) is 6. The van der Waals surface area contributed by atoms with Gasteiger partial charge in [-0.2, -0.15) is 5.10 Å². The van der Waals surface area contributed by atoms with E-state index in [9.17, 15) is 4.79 Å². The normalized spacial score (nSPS) is 10.9. The third-order valence-corrected chi connectivity index (χ3v) is 4.97. The second kappa shape index (κ2) is 9.91. The summed E-state index contributed by atoms with van der Waals surface area (Å²) in [5.74, 6) is 2.12. The summed E-state index contributed by atoms with van der Waals surface area (Å²) in [6.45, 7) is 4.05. The van der Waals surface area contributed by atoms with E-state index in [2.05, 4.69) is 44.8 Å². The highest BCUT2D eigenvalue weighted by Crippen LogP contribution is 2.18. The number of thioether (sulfide) groups is 1. The number of aromatic nitrogens is 4. The van der Waals surface area contributed by atoms with Crippen molar-refractivity contribution in [1.82, 2.24) is 25.1 Å². The van der Waals surface area contributed by atoms with Crippen LogP contribution >= 0.6 is 11.8 Å². The van der Waals surface area contributed by atoms with Crippen LogP contribution in [0.2, 0.25) is 0 Å². The van der Waals surface area contributed by atoms with Gasteiger partial charge in [0.15, 0.2) is 5.65 Å². The maximum atomic E-state index is 12.0. The van der Waals surface area contributed by atoms with E-state index in [1.165, 1.54) is 11.9 Å². The van der Waals surface area contributed by atoms with Crippen LogP contribution in [0.5, 0.6) is 0 Å². The Morgan fingerprint density at radius 3 is 2.85 bits per heavy atom. The summed E-state index contributed by atoms with van der Waals surface area (Å²) in [5, 5.41) is 11.5. The highest BCUT2D eigenvalue weighted by molar-refractivity contribution is 7.99. The number of hydrogen-bond donors (Lipinski definition) is 2. The first-order valence-electron chi connectivity index (χ1n) is 9.06. The van der Waals surface area contributed by atoms with Crippen molar-refractivity contribution in [3.63, 3.8) is 0 Å². The molecule has 0 atom stereocenters. The molecular formula is C19H24N6OS. The zero-order valence-electron chi connectivity index (χ0n) is 15.4. The van der Waals surface area contributed by atoms with Crippen LogP contribution in [0.25, 0.3) is 11.0 Å². The van der Waals surface area contributed by atoms with Crippen molar-refractivity contribution in [2.75, 3.05) is 24.2 Å². The van der Waals surface area contributed by atoms with E-state index < -0.39 is 0 Å². The molecule has 0 bridgehead atoms. The number of carbonyl (C=O) groups excluding carboxylic acids is 1. The van der Waals surface area contributed by atoms with Crippen molar-refractivity contribution in [2.24, 2.45) is 0 Å². The van der Waals surface area contributed by atoms with Gasteiger partial charge in [0.25, 0.3) is 0 Å². The van der Waals surface area contributed by atoms with Crippen LogP contribution in [0.1, 0.15) is 18.9 Å². The molecule has 1 amide bonds. The summed E-state index contributed by atoms with van der Waals surface area (Å²) >= 11 is 1.61. The minimum absolute atomic E-state index is 0.0346. The number of anilines is 1. The molecule has 0 saturated heterocycles. The average molecular weight is 385 g/mol. The molecule has 2 heterocycles. The van der Waals surface area contributed by atoms with Gasteiger partial charge in [0, 0.05) is 18.8 Å². The molecule has 142 valence electrons. The summed E-state index contributed by atoms with van der Waals surface area (Å²) in [6, 6.07) is 10.2. The number of amides is 1. The maximum absolute atomic E-state index is 12.0. The third-order valence-electron chi connectivity index (χ3n) is 3.97. The first-order valence-corrected chi connectivity index (χ1v) is 10.2. The molecule has 0 spiro atoms. The van der Waals surface area contributed by atoms with Gasteiger partial charge in [-0.15, -0.1) is 11.8 Å². The molecule has 3 aromatic rings. The molecule has 27 heavy (non-hydrogen) atoms. The van der Waals surface area contributed by atoms with Crippen molar-refractivity contribution >= 4 is 34.5 Å². The minimum atomic E-state index is 0.0346. The fraction of sp³-hybridized carbons (Fsp3) is 0.368. The van der Waals surface area contributed by atoms with E-state index in [4.69, 9.17) is 0 Å². The second-order valence-electron chi connectivity index (χ2n) is 6.08. The predicted molar refractivity (Wildman–Crippen MR) is 110 cm³/mol. The Hall–Kier alpha value is -2.61. The SMILES string of the molecule is CCCNc1ncnc2c1cnn2CCNC(=O)CSCc1ccccc1. The van der Waals surface area contributed by atoms with Gasteiger partial charge >= 0.3 is 0 Å². The maximum Gasteiger partial charge on any atom is 0.230 e. The Balaban J connectivity index is 1.45. The molecule has 0 aliphatic carbocycles. The topological polar surface area (TPSA) is 84.7 Å². The number of nitrogens with one attached hydrogen (secondary N) is 2. The monoisotopic (exact) mass is 384 g/mol. The number of benzene rings is 1. The van der Waals surface area contributed by atoms with E-state index >= 15 is 0 Å². The molecule has 0 saturated carbocycles. The van der Waals surface area contributed by atoms with Crippen molar-refractivity contribution in [2.45, 2.75) is 25.6 Å². The number of rotatable bonds is 10. The van der Waals surface area contributed by atoms with Gasteiger partial charge in [-0.3, -0.25) is 4.79 Å². The molecule has 1 aromatic carbocycles. The standard InChI is InChI=1S/C19H24N6OS/c1-2-8-21-18-16-11-24-25(19(16)23-14-22-18)10-9-20-17(26)13-27-12-15-6-4-3-5-7-15/h3-7,11,14H,2,8-10,12-13H2,1H3,(H,20,26)(H,21,22,23). The van der Waals surface area contributed by atoms with Crippen molar-refractivity contribution in [1.29, 1.82) is 0 Å². The summed E-state index contributed by atoms with van der Waals surface area (Å²) in [5.41, 5.74) is 2.00. The van der Waals surface area contributed by atoms with Crippen molar-refractivity contribution < 1.29 is 4.79 Å². The van der Waals surface area contributed by atoms with Gasteiger partial charge in [-0.05, 0) is 12.0 Å². The van der Waals surface area contributed by atoms with Gasteiger partial charge in [0.1, 0.15) is 12.1 Å². The van der Waals surface area contributed by atoms with Gasteiger partial charge in [-0.1, -0.05) is 37.3 Å². The Kier molecular flexibility index (Phi) is 7.04. The quantitative estimate of drug-likeness (QED) is 0.559. The highest BCUT2D eigenvalue weighted by Gasteiger charge is 2.09. The Bertz CT molecular complexity index is 867. The van der Waals surface area contributed by atoms with Gasteiger partial charge in [-0.25, -0.2) is 14.6 Å². The summed E-state index contributed by atoms with van der Waals surface area (Å²) < 4.78 is 1.80. The molecule has 0 aliphatic heterocycles. The van der Waals surface area contributed by atoms with Crippen LogP contribution in [0.3, 0.4) is 0 Å². The minimum Gasteiger partial charge on any atom is -0.369 e. The van der Waals surface area contributed by atoms with Crippen LogP contribution in [0, 0.1) is 0 Å². The highest BCUT2D eigenvalue weighted by atomic mass is 32.2. The van der Waals surface area contributed by atoms with Gasteiger partial charge in [0.2, 0.25) is 5.91 Å². The fourth-order valence-corrected chi connectivity index (χ4v) is 3.45. The molecule has 3 rings (SSSR count). The van der Waals surface area contributed by atoms with Crippen LogP contribution in [0.15, 0.2) is 42.9 Å². The van der Waals surface area contributed by atoms with E-state index in [-0.39, 0.29) is 5.91 Å². The average Bonchev–Trinajstić information content (AvgIpc) is 3.11. The van der Waals surface area contributed by atoms with E-state index in [0.717, 1.165) is 35.6 Å². The van der Waals surface area contributed by atoms with Crippen LogP contribution < -0.4 is 10.6 Å². The lowest BCUT2D eigenvalue weighted by atomic mass is 10.2. The van der Waals surface area contributed by atoms with Crippen LogP contribution in [0.4, 0.5) is 5.82 Å². The molecule has 0 aliphatic rings. The zero-order chi connectivity index (χ0) is 18.9. The summed E-state index contributed by atoms with van der Waals surface area (Å²) in [6.07, 6.45) is 4.33. The first-order chi connectivity index (χ1) is 13.3. The van der Waals surface area contributed by atoms with E-state index in [1.807, 2.05) is 18.2 Å². The summed E-state index contributed by atoms with van der Waals surface area (Å²) in [4.78, 5) is 20.6. The van der Waals surface area contributed by atoms with Gasteiger partial charge in [0.05, 0.1) is 23.9 Å². The molecule has 0 radical (unpaired) electrons. The number of nitrogens with zero attached hydrogens (tertiary/aromatic N) is 4. The lowest BCUT2D eigenvalue weighted by Gasteiger charge is -2.07. The zero-order valence-corrected chi connectivity index (χ0v) is 16.2. The first kappa shape index (κ1) is 19.2. The molecular weight excluding hydrogens is 360 g/mol. The van der Waals surface area contributed by atoms with Crippen molar-refractivity contribution in [3.8, 4) is 0 Å². The van der Waals surface area contributed by atoms with Crippen molar-refractivity contribution in [3.05, 3.63) is 48.4 Å². The van der Waals surface area contributed by atoms with Crippen LogP contribution in [-0.2, 0) is 17.1 Å². The fourth-order valence-electron chi connectivity index (χ4n) is 2.63. The van der Waals surface area contributed by atoms with Crippen LogP contribution in [-0.4, -0.2) is 44.5 Å². The molecule has 2 aromatic heterocycles. The predicted octanol–water partition coefficient (Wildman–Crippen LogP) is 2.70. The number of fused-ring (bicyclic) bond motifs is 1. The van der Waals surface area contributed by atoms with Gasteiger partial charge < -0.3 is 10.6 Å². The van der Waals surface area contributed by atoms with E-state index in [1.54, 1.807) is 22.6 Å². The molecule has 7 nitrogen and oxygen atoms in total. The summed E-state index contributed by atoms with van der Waals surface area (Å²) in [7, 11) is 0. The van der Waals surface area contributed by atoms with E-state index in [0.29, 0.717) is 18.8 Å². The Morgan fingerprint density at radius 2 is 2.04 bits per heavy atom. The molecule has 8 heteroatoms. The molecule has 0 unspecified atom stereocenters. The smallest absolute Gasteiger partial charge is 0.230 e. The molecule has 0 fully saturated rings. The third kappa shape index (κ3) is 5.43. The Labute approximate surface area is 163 Å². The Morgan fingerprint density at radius 1 is 1.19 bits per heavy atom. The largest absolute Gasteiger partial charge is 0.369 e. The molecule has 2 N–H and O–H groups in total. The second-order valence-corrected chi connectivity index (χ2v) is 7.07.